The summed E-state index contributed by atoms with van der Waals surface area (Å²) in [7, 11) is 0. The summed E-state index contributed by atoms with van der Waals surface area (Å²) in [5.74, 6) is 0.0701. The Labute approximate surface area is 197 Å². The molecule has 2 saturated heterocycles. The summed E-state index contributed by atoms with van der Waals surface area (Å²) in [6.07, 6.45) is 1.63. The van der Waals surface area contributed by atoms with Crippen molar-refractivity contribution < 1.29 is 9.59 Å². The third-order valence-corrected chi connectivity index (χ3v) is 6.88. The molecule has 0 spiro atoms. The first-order valence-electron chi connectivity index (χ1n) is 12.2. The van der Waals surface area contributed by atoms with E-state index >= 15 is 0 Å². The summed E-state index contributed by atoms with van der Waals surface area (Å²) in [5, 5.41) is 2.95. The van der Waals surface area contributed by atoms with Crippen LogP contribution in [0, 0.1) is 12.8 Å². The Hall–Kier alpha value is -2.86. The number of hydrogen-bond acceptors (Lipinski definition) is 3. The second-order valence-corrected chi connectivity index (χ2v) is 9.28. The molecule has 176 valence electrons. The van der Waals surface area contributed by atoms with E-state index in [1.54, 1.807) is 0 Å². The molecular formula is C27H36N4O2. The molecule has 0 aromatic heterocycles. The fraction of sp³-hybridized carbons (Fsp3) is 0.481. The highest BCUT2D eigenvalue weighted by atomic mass is 16.2. The van der Waals surface area contributed by atoms with Crippen LogP contribution in [0.2, 0.25) is 0 Å². The molecule has 2 fully saturated rings. The Morgan fingerprint density at radius 3 is 2.42 bits per heavy atom. The smallest absolute Gasteiger partial charge is 0.317 e. The summed E-state index contributed by atoms with van der Waals surface area (Å²) in [6.45, 7) is 9.28. The predicted octanol–water partition coefficient (Wildman–Crippen LogP) is 3.82. The van der Waals surface area contributed by atoms with Crippen molar-refractivity contribution in [2.75, 3.05) is 39.3 Å². The van der Waals surface area contributed by atoms with Crippen LogP contribution in [0.1, 0.15) is 42.5 Å². The first kappa shape index (κ1) is 23.3. The summed E-state index contributed by atoms with van der Waals surface area (Å²) in [4.78, 5) is 32.6. The molecule has 4 rings (SSSR count). The molecule has 0 bridgehead atoms. The number of carbonyl (C=O) groups is 2. The number of urea groups is 1. The number of piperazine rings is 1. The highest BCUT2D eigenvalue weighted by Crippen LogP contribution is 2.34. The Kier molecular flexibility index (Phi) is 7.65. The molecule has 2 aromatic carbocycles. The molecule has 2 heterocycles. The number of carbonyl (C=O) groups excluding carboxylic acids is 2. The lowest BCUT2D eigenvalue weighted by atomic mass is 9.87. The Bertz CT molecular complexity index is 940. The minimum absolute atomic E-state index is 0.0169. The van der Waals surface area contributed by atoms with Crippen molar-refractivity contribution >= 4 is 11.9 Å². The average Bonchev–Trinajstić information content (AvgIpc) is 2.84. The van der Waals surface area contributed by atoms with Crippen LogP contribution in [0.3, 0.4) is 0 Å². The molecule has 0 radical (unpaired) electrons. The normalized spacial score (nSPS) is 21.6. The van der Waals surface area contributed by atoms with E-state index in [9.17, 15) is 9.59 Å². The van der Waals surface area contributed by atoms with Gasteiger partial charge in [-0.05, 0) is 37.8 Å². The molecule has 3 amide bonds. The summed E-state index contributed by atoms with van der Waals surface area (Å²) < 4.78 is 0. The van der Waals surface area contributed by atoms with E-state index in [-0.39, 0.29) is 23.9 Å². The van der Waals surface area contributed by atoms with Crippen molar-refractivity contribution in [3.63, 3.8) is 0 Å². The van der Waals surface area contributed by atoms with Gasteiger partial charge in [-0.15, -0.1) is 0 Å². The molecule has 2 aromatic rings. The molecular weight excluding hydrogens is 412 g/mol. The van der Waals surface area contributed by atoms with E-state index in [1.165, 1.54) is 11.1 Å². The van der Waals surface area contributed by atoms with E-state index in [0.717, 1.165) is 51.1 Å². The second kappa shape index (κ2) is 10.8. The first-order chi connectivity index (χ1) is 16.0. The van der Waals surface area contributed by atoms with E-state index in [1.807, 2.05) is 28.9 Å². The van der Waals surface area contributed by atoms with Gasteiger partial charge in [0.05, 0.1) is 12.0 Å². The van der Waals surface area contributed by atoms with Crippen LogP contribution in [0.25, 0.3) is 0 Å². The van der Waals surface area contributed by atoms with E-state index in [2.05, 4.69) is 59.6 Å². The Morgan fingerprint density at radius 2 is 1.73 bits per heavy atom. The molecule has 33 heavy (non-hydrogen) atoms. The van der Waals surface area contributed by atoms with Crippen molar-refractivity contribution in [3.05, 3.63) is 71.3 Å². The van der Waals surface area contributed by atoms with Gasteiger partial charge in [0, 0.05) is 45.8 Å². The highest BCUT2D eigenvalue weighted by Gasteiger charge is 2.37. The number of aryl methyl sites for hydroxylation is 1. The van der Waals surface area contributed by atoms with Crippen molar-refractivity contribution in [2.45, 2.75) is 39.3 Å². The second-order valence-electron chi connectivity index (χ2n) is 9.28. The predicted molar refractivity (Wildman–Crippen MR) is 131 cm³/mol. The van der Waals surface area contributed by atoms with Gasteiger partial charge >= 0.3 is 6.03 Å². The average molecular weight is 449 g/mol. The number of hydrogen-bond donors (Lipinski definition) is 1. The van der Waals surface area contributed by atoms with E-state index < -0.39 is 0 Å². The van der Waals surface area contributed by atoms with Gasteiger partial charge < -0.3 is 15.1 Å². The number of piperidine rings is 1. The molecule has 2 aliphatic rings. The van der Waals surface area contributed by atoms with Crippen molar-refractivity contribution in [1.82, 2.24) is 20.0 Å². The maximum Gasteiger partial charge on any atom is 0.317 e. The van der Waals surface area contributed by atoms with Crippen molar-refractivity contribution in [1.29, 1.82) is 0 Å². The maximum absolute atomic E-state index is 13.4. The molecule has 2 atom stereocenters. The lowest BCUT2D eigenvalue weighted by molar-refractivity contribution is -0.139. The van der Waals surface area contributed by atoms with Crippen LogP contribution >= 0.6 is 0 Å². The minimum atomic E-state index is -0.130. The Balaban J connectivity index is 1.38. The quantitative estimate of drug-likeness (QED) is 0.757. The SMILES string of the molecule is CCNC(=O)N1CC(C(=O)N2CCN(Cc3ccccc3)CC2)CCC1c1cccc(C)c1. The lowest BCUT2D eigenvalue weighted by Gasteiger charge is -2.42. The monoisotopic (exact) mass is 448 g/mol. The Morgan fingerprint density at radius 1 is 0.970 bits per heavy atom. The van der Waals surface area contributed by atoms with Crippen LogP contribution in [0.15, 0.2) is 54.6 Å². The van der Waals surface area contributed by atoms with Gasteiger partial charge in [-0.2, -0.15) is 0 Å². The van der Waals surface area contributed by atoms with Crippen molar-refractivity contribution in [2.24, 2.45) is 5.92 Å². The van der Waals surface area contributed by atoms with Gasteiger partial charge in [0.25, 0.3) is 0 Å². The molecule has 6 nitrogen and oxygen atoms in total. The number of likely N-dealkylation sites (tertiary alicyclic amines) is 1. The van der Waals surface area contributed by atoms with Gasteiger partial charge in [-0.1, -0.05) is 60.2 Å². The zero-order chi connectivity index (χ0) is 23.2. The topological polar surface area (TPSA) is 55.9 Å². The summed E-state index contributed by atoms with van der Waals surface area (Å²) >= 11 is 0. The van der Waals surface area contributed by atoms with Gasteiger partial charge in [0.2, 0.25) is 5.91 Å². The molecule has 2 aliphatic heterocycles. The standard InChI is InChI=1S/C27H36N4O2/c1-3-28-27(33)31-20-24(12-13-25(31)23-11-7-8-21(2)18-23)26(32)30-16-14-29(15-17-30)19-22-9-5-4-6-10-22/h4-11,18,24-25H,3,12-17,19-20H2,1-2H3,(H,28,33). The molecule has 2 unspecified atom stereocenters. The number of rotatable bonds is 5. The maximum atomic E-state index is 13.4. The van der Waals surface area contributed by atoms with Crippen LogP contribution in [-0.2, 0) is 11.3 Å². The number of benzene rings is 2. The fourth-order valence-electron chi connectivity index (χ4n) is 5.10. The zero-order valence-electron chi connectivity index (χ0n) is 19.9. The molecule has 0 aliphatic carbocycles. The summed E-state index contributed by atoms with van der Waals surface area (Å²) in [6, 6.07) is 18.8. The largest absolute Gasteiger partial charge is 0.340 e. The van der Waals surface area contributed by atoms with Crippen LogP contribution in [0.4, 0.5) is 4.79 Å². The molecule has 1 N–H and O–H groups in total. The zero-order valence-corrected chi connectivity index (χ0v) is 19.9. The number of amides is 3. The van der Waals surface area contributed by atoms with Crippen LogP contribution in [-0.4, -0.2) is 65.9 Å². The van der Waals surface area contributed by atoms with Gasteiger partial charge in [0.1, 0.15) is 0 Å². The van der Waals surface area contributed by atoms with Crippen LogP contribution in [0.5, 0.6) is 0 Å². The van der Waals surface area contributed by atoms with Crippen molar-refractivity contribution in [3.8, 4) is 0 Å². The summed E-state index contributed by atoms with van der Waals surface area (Å²) in [5.41, 5.74) is 3.65. The lowest BCUT2D eigenvalue weighted by Crippen LogP contribution is -2.54. The third kappa shape index (κ3) is 5.74. The number of nitrogens with zero attached hydrogens (tertiary/aromatic N) is 3. The molecule has 0 saturated carbocycles. The molecule has 6 heteroatoms. The minimum Gasteiger partial charge on any atom is -0.340 e. The van der Waals surface area contributed by atoms with Gasteiger partial charge in [-0.25, -0.2) is 4.79 Å². The van der Waals surface area contributed by atoms with Gasteiger partial charge in [0.15, 0.2) is 0 Å². The number of nitrogens with one attached hydrogen (secondary N) is 1. The first-order valence-corrected chi connectivity index (χ1v) is 12.2. The van der Waals surface area contributed by atoms with E-state index in [4.69, 9.17) is 0 Å². The highest BCUT2D eigenvalue weighted by molar-refractivity contribution is 5.81. The third-order valence-electron chi connectivity index (χ3n) is 6.88. The van der Waals surface area contributed by atoms with Crippen LogP contribution < -0.4 is 5.32 Å². The fourth-order valence-corrected chi connectivity index (χ4v) is 5.10. The van der Waals surface area contributed by atoms with E-state index in [0.29, 0.717) is 13.1 Å². The van der Waals surface area contributed by atoms with Gasteiger partial charge in [-0.3, -0.25) is 9.69 Å².